The lowest BCUT2D eigenvalue weighted by Crippen LogP contribution is -2.32. The highest BCUT2D eigenvalue weighted by molar-refractivity contribution is 5.77. The third-order valence-electron chi connectivity index (χ3n) is 2.61. The lowest BCUT2D eigenvalue weighted by Gasteiger charge is -2.13. The van der Waals surface area contributed by atoms with Gasteiger partial charge in [-0.25, -0.2) is 0 Å². The van der Waals surface area contributed by atoms with Gasteiger partial charge in [-0.05, 0) is 32.1 Å². The van der Waals surface area contributed by atoms with Crippen LogP contribution in [0.5, 0.6) is 0 Å². The Morgan fingerprint density at radius 1 is 1.35 bits per heavy atom. The van der Waals surface area contributed by atoms with Crippen LogP contribution in [0.3, 0.4) is 0 Å². The van der Waals surface area contributed by atoms with E-state index in [1.807, 2.05) is 0 Å². The van der Waals surface area contributed by atoms with E-state index < -0.39 is 12.6 Å². The topological polar surface area (TPSA) is 78.5 Å². The van der Waals surface area contributed by atoms with Gasteiger partial charge in [0, 0.05) is 6.54 Å². The van der Waals surface area contributed by atoms with Gasteiger partial charge in [0.1, 0.15) is 6.61 Å². The second-order valence-electron chi connectivity index (χ2n) is 4.07. The average Bonchev–Trinajstić information content (AvgIpc) is 2.30. The van der Waals surface area contributed by atoms with E-state index in [0.717, 1.165) is 19.3 Å². The minimum Gasteiger partial charge on any atom is -0.548 e. The van der Waals surface area contributed by atoms with Crippen LogP contribution in [0.15, 0.2) is 11.6 Å². The number of hydrogen-bond acceptors (Lipinski definition) is 4. The molecule has 0 saturated carbocycles. The molecule has 5 nitrogen and oxygen atoms in total. The number of carboxylic acid groups (broad SMARTS) is 1. The SMILES string of the molecule is O=C([O-])COCC(=O)NCCC1=CCCCC1. The van der Waals surface area contributed by atoms with Crippen LogP contribution < -0.4 is 10.4 Å². The Hall–Kier alpha value is -1.36. The van der Waals surface area contributed by atoms with E-state index in [1.54, 1.807) is 0 Å². The first kappa shape index (κ1) is 13.7. The van der Waals surface area contributed by atoms with Crippen molar-refractivity contribution >= 4 is 11.9 Å². The summed E-state index contributed by atoms with van der Waals surface area (Å²) in [5.41, 5.74) is 1.40. The fourth-order valence-corrected chi connectivity index (χ4v) is 1.77. The van der Waals surface area contributed by atoms with E-state index in [-0.39, 0.29) is 12.5 Å². The molecule has 0 aromatic rings. The Morgan fingerprint density at radius 2 is 2.18 bits per heavy atom. The highest BCUT2D eigenvalue weighted by Gasteiger charge is 2.05. The largest absolute Gasteiger partial charge is 0.548 e. The monoisotopic (exact) mass is 240 g/mol. The predicted octanol–water partition coefficient (Wildman–Crippen LogP) is -0.240. The number of allylic oxidation sites excluding steroid dienone is 1. The van der Waals surface area contributed by atoms with E-state index >= 15 is 0 Å². The maximum absolute atomic E-state index is 11.2. The van der Waals surface area contributed by atoms with Gasteiger partial charge in [-0.15, -0.1) is 0 Å². The summed E-state index contributed by atoms with van der Waals surface area (Å²) >= 11 is 0. The number of nitrogens with one attached hydrogen (secondary N) is 1. The maximum Gasteiger partial charge on any atom is 0.246 e. The van der Waals surface area contributed by atoms with Crippen molar-refractivity contribution < 1.29 is 19.4 Å². The molecule has 1 N–H and O–H groups in total. The number of rotatable bonds is 7. The number of carbonyl (C=O) groups is 2. The third kappa shape index (κ3) is 6.73. The first-order valence-corrected chi connectivity index (χ1v) is 5.90. The molecule has 1 rings (SSSR count). The number of carboxylic acids is 1. The molecule has 0 heterocycles. The van der Waals surface area contributed by atoms with Gasteiger partial charge in [0.15, 0.2) is 0 Å². The van der Waals surface area contributed by atoms with Crippen LogP contribution in [-0.2, 0) is 14.3 Å². The molecule has 0 bridgehead atoms. The summed E-state index contributed by atoms with van der Waals surface area (Å²) in [6.45, 7) is -0.190. The number of aliphatic carboxylic acids is 1. The van der Waals surface area contributed by atoms with Crippen LogP contribution in [0.4, 0.5) is 0 Å². The molecule has 1 amide bonds. The third-order valence-corrected chi connectivity index (χ3v) is 2.61. The Labute approximate surface area is 101 Å². The lowest BCUT2D eigenvalue weighted by atomic mass is 9.97. The van der Waals surface area contributed by atoms with Gasteiger partial charge in [-0.2, -0.15) is 0 Å². The molecule has 17 heavy (non-hydrogen) atoms. The van der Waals surface area contributed by atoms with Gasteiger partial charge in [0.25, 0.3) is 0 Å². The van der Waals surface area contributed by atoms with Crippen LogP contribution >= 0.6 is 0 Å². The van der Waals surface area contributed by atoms with E-state index in [2.05, 4.69) is 16.1 Å². The van der Waals surface area contributed by atoms with Gasteiger partial charge >= 0.3 is 0 Å². The number of hydrogen-bond donors (Lipinski definition) is 1. The zero-order chi connectivity index (χ0) is 12.5. The maximum atomic E-state index is 11.2. The van der Waals surface area contributed by atoms with Crippen molar-refractivity contribution in [1.29, 1.82) is 0 Å². The van der Waals surface area contributed by atoms with E-state index in [1.165, 1.54) is 18.4 Å². The van der Waals surface area contributed by atoms with Crippen molar-refractivity contribution in [1.82, 2.24) is 5.32 Å². The molecule has 1 aliphatic carbocycles. The summed E-state index contributed by atoms with van der Waals surface area (Å²) in [5.74, 6) is -1.60. The fraction of sp³-hybridized carbons (Fsp3) is 0.667. The first-order valence-electron chi connectivity index (χ1n) is 5.90. The molecule has 0 unspecified atom stereocenters. The minimum absolute atomic E-state index is 0.229. The Balaban J connectivity index is 2.03. The van der Waals surface area contributed by atoms with Crippen LogP contribution in [0.1, 0.15) is 32.1 Å². The molecule has 0 radical (unpaired) electrons. The Kier molecular flexibility index (Phi) is 6.32. The quantitative estimate of drug-likeness (QED) is 0.623. The predicted molar refractivity (Wildman–Crippen MR) is 60.0 cm³/mol. The van der Waals surface area contributed by atoms with E-state index in [4.69, 9.17) is 0 Å². The van der Waals surface area contributed by atoms with Crippen molar-refractivity contribution in [2.45, 2.75) is 32.1 Å². The molecule has 0 saturated heterocycles. The van der Waals surface area contributed by atoms with Gasteiger partial charge in [0.2, 0.25) is 5.91 Å². The molecular formula is C12H18NO4-. The summed E-state index contributed by atoms with van der Waals surface area (Å²) in [6.07, 6.45) is 7.85. The van der Waals surface area contributed by atoms with Crippen molar-refractivity contribution in [3.05, 3.63) is 11.6 Å². The molecule has 0 aromatic carbocycles. The molecule has 0 atom stereocenters. The average molecular weight is 240 g/mol. The first-order chi connectivity index (χ1) is 8.18. The summed E-state index contributed by atoms with van der Waals surface area (Å²) in [5, 5.41) is 12.7. The van der Waals surface area contributed by atoms with Gasteiger partial charge < -0.3 is 20.0 Å². The van der Waals surface area contributed by atoms with E-state index in [9.17, 15) is 14.7 Å². The van der Waals surface area contributed by atoms with Crippen molar-refractivity contribution in [2.24, 2.45) is 0 Å². The van der Waals surface area contributed by atoms with Crippen LogP contribution in [0.2, 0.25) is 0 Å². The molecule has 0 aromatic heterocycles. The van der Waals surface area contributed by atoms with Crippen molar-refractivity contribution in [3.63, 3.8) is 0 Å². The zero-order valence-corrected chi connectivity index (χ0v) is 9.87. The molecule has 96 valence electrons. The number of carbonyl (C=O) groups excluding carboxylic acids is 2. The molecule has 5 heteroatoms. The molecule has 0 aliphatic heterocycles. The second-order valence-corrected chi connectivity index (χ2v) is 4.07. The highest BCUT2D eigenvalue weighted by atomic mass is 16.5. The molecule has 0 fully saturated rings. The molecule has 0 spiro atoms. The summed E-state index contributed by atoms with van der Waals surface area (Å²) in [4.78, 5) is 21.2. The van der Waals surface area contributed by atoms with Crippen molar-refractivity contribution in [2.75, 3.05) is 19.8 Å². The fourth-order valence-electron chi connectivity index (χ4n) is 1.77. The number of amides is 1. The lowest BCUT2D eigenvalue weighted by molar-refractivity contribution is -0.309. The van der Waals surface area contributed by atoms with E-state index in [0.29, 0.717) is 6.54 Å². The summed E-state index contributed by atoms with van der Waals surface area (Å²) in [7, 11) is 0. The normalized spacial score (nSPS) is 15.2. The summed E-state index contributed by atoms with van der Waals surface area (Å²) < 4.78 is 4.61. The van der Waals surface area contributed by atoms with Gasteiger partial charge in [-0.3, -0.25) is 4.79 Å². The second kappa shape index (κ2) is 7.84. The zero-order valence-electron chi connectivity index (χ0n) is 9.87. The minimum atomic E-state index is -1.31. The Morgan fingerprint density at radius 3 is 2.82 bits per heavy atom. The van der Waals surface area contributed by atoms with Crippen LogP contribution in [-0.4, -0.2) is 31.6 Å². The number of ether oxygens (including phenoxy) is 1. The van der Waals surface area contributed by atoms with Crippen LogP contribution in [0, 0.1) is 0 Å². The smallest absolute Gasteiger partial charge is 0.246 e. The molecule has 1 aliphatic rings. The van der Waals surface area contributed by atoms with Gasteiger partial charge in [0.05, 0.1) is 12.6 Å². The Bertz CT molecular complexity index is 299. The standard InChI is InChI=1S/C12H19NO4/c14-11(8-17-9-12(15)16)13-7-6-10-4-2-1-3-5-10/h4H,1-3,5-9H2,(H,13,14)(H,15,16)/p-1. The van der Waals surface area contributed by atoms with Crippen LogP contribution in [0.25, 0.3) is 0 Å². The highest BCUT2D eigenvalue weighted by Crippen LogP contribution is 2.19. The molecular weight excluding hydrogens is 222 g/mol. The van der Waals surface area contributed by atoms with Gasteiger partial charge in [-0.1, -0.05) is 11.6 Å². The van der Waals surface area contributed by atoms with Crippen molar-refractivity contribution in [3.8, 4) is 0 Å². The summed E-state index contributed by atoms with van der Waals surface area (Å²) in [6, 6.07) is 0.